The second-order valence-electron chi connectivity index (χ2n) is 4.81. The van der Waals surface area contributed by atoms with Gasteiger partial charge in [0.1, 0.15) is 0 Å². The third-order valence-electron chi connectivity index (χ3n) is 3.22. The molecule has 0 unspecified atom stereocenters. The molecule has 0 N–H and O–H groups in total. The first-order chi connectivity index (χ1) is 8.80. The molecule has 0 atom stereocenters. The van der Waals surface area contributed by atoms with Gasteiger partial charge in [-0.15, -0.1) is 0 Å². The van der Waals surface area contributed by atoms with Gasteiger partial charge in [-0.1, -0.05) is 64.2 Å². The number of rotatable bonds is 0. The average molecular weight is 462 g/mol. The van der Waals surface area contributed by atoms with Crippen molar-refractivity contribution in [3.05, 3.63) is 7.61 Å². The second-order valence-corrected chi connectivity index (χ2v) is 9.90. The molecule has 0 aromatic carbocycles. The zero-order valence-electron chi connectivity index (χ0n) is 11.6. The molecule has 0 amide bonds. The van der Waals surface area contributed by atoms with Crippen molar-refractivity contribution >= 4 is 55.5 Å². The maximum atomic E-state index is 3.02. The summed E-state index contributed by atoms with van der Waals surface area (Å²) in [6.07, 6.45) is 15.0. The molecule has 2 aliphatic carbocycles. The summed E-state index contributed by atoms with van der Waals surface area (Å²) in [6.45, 7) is 0. The summed E-state index contributed by atoms with van der Waals surface area (Å²) in [5.41, 5.74) is 0. The van der Waals surface area contributed by atoms with Crippen LogP contribution >= 0.6 is 23.5 Å². The van der Waals surface area contributed by atoms with E-state index in [9.17, 15) is 0 Å². The van der Waals surface area contributed by atoms with E-state index in [0.717, 1.165) is 0 Å². The number of hydrogen-bond donors (Lipinski definition) is 0. The Morgan fingerprint density at radius 3 is 0.895 bits per heavy atom. The Labute approximate surface area is 159 Å². The Bertz CT molecular complexity index is 200. The largest absolute Gasteiger partial charge is 2.00 e. The van der Waals surface area contributed by atoms with E-state index in [1.54, 1.807) is 0 Å². The summed E-state index contributed by atoms with van der Waals surface area (Å²) in [5, 5.41) is 0. The average Bonchev–Trinajstić information content (AvgIpc) is 3.11. The van der Waals surface area contributed by atoms with Crippen LogP contribution in [0.5, 0.6) is 0 Å². The number of thioether (sulfide) groups is 2. The van der Waals surface area contributed by atoms with Crippen LogP contribution in [-0.2, 0) is 21.7 Å². The van der Waals surface area contributed by atoms with Crippen molar-refractivity contribution in [1.29, 1.82) is 0 Å². The van der Waals surface area contributed by atoms with Crippen molar-refractivity contribution in [2.24, 2.45) is 0 Å². The molecule has 2 radical (unpaired) electrons. The summed E-state index contributed by atoms with van der Waals surface area (Å²) in [4.78, 5) is 0. The molecule has 0 spiro atoms. The van der Waals surface area contributed by atoms with Gasteiger partial charge in [-0.3, -0.25) is 0 Å². The van der Waals surface area contributed by atoms with Gasteiger partial charge in [0.2, 0.25) is 0 Å². The Balaban J connectivity index is 0.000000259. The van der Waals surface area contributed by atoms with E-state index in [1.165, 1.54) is 83.3 Å². The van der Waals surface area contributed by atoms with Crippen LogP contribution in [-0.4, -0.2) is 43.5 Å². The topological polar surface area (TPSA) is 0 Å². The standard InChI is InChI=1S/2C5H10.C4H4S2Se2.Ti/c2*1-2-4-5-3-1;7-3-4(8)6-2-1-5-3;/h2*1-5H2;1-2H2;/q;;;+2. The number of hydrogen-bond acceptors (Lipinski definition) is 2. The molecule has 0 saturated heterocycles. The predicted octanol–water partition coefficient (Wildman–Crippen LogP) is 4.83. The summed E-state index contributed by atoms with van der Waals surface area (Å²) in [6, 6.07) is 0. The first kappa shape index (κ1) is 21.2. The fourth-order valence-corrected chi connectivity index (χ4v) is 5.57. The Morgan fingerprint density at radius 2 is 0.737 bits per heavy atom. The van der Waals surface area contributed by atoms with E-state index < -0.39 is 0 Å². The molecule has 106 valence electrons. The summed E-state index contributed by atoms with van der Waals surface area (Å²) < 4.78 is 2.67. The molecule has 0 nitrogen and oxygen atoms in total. The molecule has 2 fully saturated rings. The van der Waals surface area contributed by atoms with E-state index >= 15 is 0 Å². The van der Waals surface area contributed by atoms with Crippen LogP contribution in [0.2, 0.25) is 0 Å². The van der Waals surface area contributed by atoms with Crippen LogP contribution in [0.1, 0.15) is 64.2 Å². The van der Waals surface area contributed by atoms with Crippen LogP contribution in [0.3, 0.4) is 0 Å². The fraction of sp³-hybridized carbons (Fsp3) is 0.857. The molecule has 1 aliphatic heterocycles. The zero-order chi connectivity index (χ0) is 13.1. The first-order valence-corrected chi connectivity index (χ1v) is 10.8. The van der Waals surface area contributed by atoms with Crippen LogP contribution < -0.4 is 0 Å². The minimum Gasteiger partial charge on any atom is 2.00 e. The van der Waals surface area contributed by atoms with Gasteiger partial charge < -0.3 is 0 Å². The van der Waals surface area contributed by atoms with E-state index in [4.69, 9.17) is 0 Å². The summed E-state index contributed by atoms with van der Waals surface area (Å²) in [7, 11) is 0. The van der Waals surface area contributed by atoms with Gasteiger partial charge in [-0.05, 0) is 0 Å². The van der Waals surface area contributed by atoms with Crippen molar-refractivity contribution in [3.8, 4) is 0 Å². The predicted molar refractivity (Wildman–Crippen MR) is 89.6 cm³/mol. The van der Waals surface area contributed by atoms with E-state index in [1.807, 2.05) is 23.5 Å². The van der Waals surface area contributed by atoms with Gasteiger partial charge >= 0.3 is 96.4 Å². The van der Waals surface area contributed by atoms with Crippen LogP contribution in [0.25, 0.3) is 0 Å². The van der Waals surface area contributed by atoms with Gasteiger partial charge in [0.15, 0.2) is 0 Å². The van der Waals surface area contributed by atoms with Gasteiger partial charge in [0, 0.05) is 0 Å². The minimum atomic E-state index is 0. The van der Waals surface area contributed by atoms with Crippen molar-refractivity contribution in [3.63, 3.8) is 0 Å². The Kier molecular flexibility index (Phi) is 16.8. The quantitative estimate of drug-likeness (QED) is 0.474. The maximum absolute atomic E-state index is 3.02. The third kappa shape index (κ3) is 12.4. The van der Waals surface area contributed by atoms with Gasteiger partial charge in [-0.2, -0.15) is 0 Å². The first-order valence-electron chi connectivity index (χ1n) is 7.14. The Morgan fingerprint density at radius 1 is 0.526 bits per heavy atom. The van der Waals surface area contributed by atoms with Gasteiger partial charge in [0.05, 0.1) is 0 Å². The van der Waals surface area contributed by atoms with Crippen molar-refractivity contribution in [2.45, 2.75) is 64.2 Å². The van der Waals surface area contributed by atoms with Crippen LogP contribution in [0, 0.1) is 0 Å². The zero-order valence-corrected chi connectivity index (χ0v) is 18.2. The smallest absolute Gasteiger partial charge is 2.00 e. The normalized spacial score (nSPS) is 21.7. The summed E-state index contributed by atoms with van der Waals surface area (Å²) in [5.74, 6) is 2.50. The molecule has 19 heavy (non-hydrogen) atoms. The second kappa shape index (κ2) is 15.1. The SMILES string of the molecule is C1CCCC1.C1CCCC1.[Se]C1=C([Se])SCCS1.[Ti+2]. The third-order valence-corrected chi connectivity index (χ3v) is 8.93. The van der Waals surface area contributed by atoms with Gasteiger partial charge in [-0.25, -0.2) is 0 Å². The minimum absolute atomic E-state index is 0. The molecule has 0 aromatic heterocycles. The van der Waals surface area contributed by atoms with Crippen LogP contribution in [0.15, 0.2) is 7.61 Å². The molecular formula is C14H24S2Se2Ti+2. The molecule has 5 heteroatoms. The molecule has 1 heterocycles. The van der Waals surface area contributed by atoms with Crippen LogP contribution in [0.4, 0.5) is 0 Å². The van der Waals surface area contributed by atoms with Crippen molar-refractivity contribution < 1.29 is 21.7 Å². The Hall–Kier alpha value is 2.19. The van der Waals surface area contributed by atoms with Gasteiger partial charge in [0.25, 0.3) is 0 Å². The van der Waals surface area contributed by atoms with E-state index in [2.05, 4.69) is 32.0 Å². The fourth-order valence-electron chi connectivity index (χ4n) is 2.15. The monoisotopic (exact) mass is 464 g/mol. The molecule has 3 rings (SSSR count). The molecule has 0 bridgehead atoms. The van der Waals surface area contributed by atoms with E-state index in [0.29, 0.717) is 0 Å². The molecular weight excluding hydrogens is 438 g/mol. The van der Waals surface area contributed by atoms with Crippen molar-refractivity contribution in [2.75, 3.05) is 11.5 Å². The molecule has 3 aliphatic rings. The maximum Gasteiger partial charge on any atom is 2.00 e. The molecule has 2 saturated carbocycles. The van der Waals surface area contributed by atoms with Crippen molar-refractivity contribution in [1.82, 2.24) is 0 Å². The van der Waals surface area contributed by atoms with E-state index in [-0.39, 0.29) is 21.7 Å². The summed E-state index contributed by atoms with van der Waals surface area (Å²) >= 11 is 9.83. The molecule has 0 aromatic rings.